The van der Waals surface area contributed by atoms with Crippen LogP contribution in [-0.2, 0) is 14.9 Å². The maximum atomic E-state index is 13.1. The van der Waals surface area contributed by atoms with E-state index in [9.17, 15) is 18.0 Å². The van der Waals surface area contributed by atoms with Gasteiger partial charge in [-0.1, -0.05) is 23.7 Å². The molecule has 3 aromatic rings. The average Bonchev–Trinajstić information content (AvgIpc) is 3.29. The van der Waals surface area contributed by atoms with Gasteiger partial charge in [-0.25, -0.2) is 4.99 Å². The van der Waals surface area contributed by atoms with E-state index in [0.717, 1.165) is 11.0 Å². The van der Waals surface area contributed by atoms with E-state index in [1.165, 1.54) is 18.4 Å². The first kappa shape index (κ1) is 25.5. The number of carbonyl (C=O) groups is 1. The highest BCUT2D eigenvalue weighted by atomic mass is 35.5. The summed E-state index contributed by atoms with van der Waals surface area (Å²) in [5.74, 6) is -0.416. The van der Waals surface area contributed by atoms with Gasteiger partial charge in [0, 0.05) is 22.8 Å². The van der Waals surface area contributed by atoms with Crippen LogP contribution in [0.3, 0.4) is 0 Å². The molecule has 0 unspecified atom stereocenters. The number of halogens is 4. The number of methoxy groups -OCH3 is 1. The smallest absolute Gasteiger partial charge is 0.430 e. The van der Waals surface area contributed by atoms with Crippen molar-refractivity contribution >= 4 is 40.3 Å². The van der Waals surface area contributed by atoms with Crippen LogP contribution in [0.1, 0.15) is 24.3 Å². The first-order valence-corrected chi connectivity index (χ1v) is 11.1. The number of ether oxygens (including phenoxy) is 1. The second-order valence-electron chi connectivity index (χ2n) is 7.79. The molecule has 0 saturated heterocycles. The van der Waals surface area contributed by atoms with Gasteiger partial charge >= 0.3 is 12.1 Å². The summed E-state index contributed by atoms with van der Waals surface area (Å²) in [5.41, 5.74) is 4.72. The molecule has 2 heterocycles. The van der Waals surface area contributed by atoms with Crippen LogP contribution in [0.25, 0.3) is 10.4 Å². The fourth-order valence-electron chi connectivity index (χ4n) is 2.98. The minimum Gasteiger partial charge on any atom is -0.468 e. The highest BCUT2D eigenvalue weighted by Gasteiger charge is 2.33. The minimum absolute atomic E-state index is 0.0122. The van der Waals surface area contributed by atoms with E-state index >= 15 is 0 Å². The van der Waals surface area contributed by atoms with Gasteiger partial charge in [-0.2, -0.15) is 13.2 Å². The lowest BCUT2D eigenvalue weighted by Gasteiger charge is -2.21. The number of benzene rings is 1. The molecule has 0 aliphatic heterocycles. The monoisotopic (exact) mass is 507 g/mol. The zero-order valence-electron chi connectivity index (χ0n) is 18.5. The minimum atomic E-state index is -4.71. The number of hydrogen-bond donors (Lipinski definition) is 1. The predicted molar refractivity (Wildman–Crippen MR) is 129 cm³/mol. The van der Waals surface area contributed by atoms with Crippen LogP contribution >= 0.6 is 22.9 Å². The summed E-state index contributed by atoms with van der Waals surface area (Å²) in [5, 5.41) is 0.290. The Labute approximate surface area is 203 Å². The highest BCUT2D eigenvalue weighted by Crippen LogP contribution is 2.34. The lowest BCUT2D eigenvalue weighted by Crippen LogP contribution is -2.30. The van der Waals surface area contributed by atoms with Crippen LogP contribution in [0, 0.1) is 0 Å². The van der Waals surface area contributed by atoms with E-state index in [1.54, 1.807) is 68.7 Å². The summed E-state index contributed by atoms with van der Waals surface area (Å²) < 4.78 is 44.3. The van der Waals surface area contributed by atoms with Gasteiger partial charge < -0.3 is 10.5 Å². The molecule has 0 spiro atoms. The molecule has 0 aliphatic carbocycles. The zero-order chi connectivity index (χ0) is 25.1. The maximum Gasteiger partial charge on any atom is 0.430 e. The zero-order valence-corrected chi connectivity index (χ0v) is 20.1. The molecule has 34 heavy (non-hydrogen) atoms. The molecule has 0 saturated carbocycles. The van der Waals surface area contributed by atoms with Crippen molar-refractivity contribution in [2.45, 2.75) is 25.4 Å². The van der Waals surface area contributed by atoms with Crippen molar-refractivity contribution in [3.8, 4) is 10.4 Å². The summed E-state index contributed by atoms with van der Waals surface area (Å²) in [6.45, 7) is 3.44. The van der Waals surface area contributed by atoms with Gasteiger partial charge in [0.15, 0.2) is 0 Å². The van der Waals surface area contributed by atoms with Crippen LogP contribution in [-0.4, -0.2) is 30.0 Å². The Morgan fingerprint density at radius 1 is 1.18 bits per heavy atom. The van der Waals surface area contributed by atoms with Crippen molar-refractivity contribution < 1.29 is 22.7 Å². The number of esters is 1. The van der Waals surface area contributed by atoms with Crippen LogP contribution < -0.4 is 5.73 Å². The van der Waals surface area contributed by atoms with E-state index in [2.05, 4.69) is 9.98 Å². The second-order valence-corrected chi connectivity index (χ2v) is 9.28. The third-order valence-corrected chi connectivity index (χ3v) is 6.49. The Morgan fingerprint density at radius 3 is 2.53 bits per heavy atom. The molecule has 178 valence electrons. The first-order chi connectivity index (χ1) is 15.9. The van der Waals surface area contributed by atoms with Crippen LogP contribution in [0.5, 0.6) is 0 Å². The number of aromatic nitrogens is 1. The maximum absolute atomic E-state index is 13.1. The quantitative estimate of drug-likeness (QED) is 0.307. The lowest BCUT2D eigenvalue weighted by atomic mass is 9.85. The number of rotatable bonds is 6. The van der Waals surface area contributed by atoms with E-state index < -0.39 is 23.3 Å². The number of hydrogen-bond acceptors (Lipinski definition) is 6. The van der Waals surface area contributed by atoms with Crippen molar-refractivity contribution in [3.05, 3.63) is 82.1 Å². The molecule has 5 nitrogen and oxygen atoms in total. The number of allylic oxidation sites excluding steroid dienone is 2. The Hall–Kier alpha value is -3.17. The standard InChI is InChI=1S/C24H21ClF3N3O2S/c1-23(2,22(32)33-3)15-10-14(12-30-13-15)19-8-9-20(34-19)18(11-21(29)24(26,27)28)31-17-7-5-4-6-16(17)25/h4-13H,29H2,1-3H3. The molecular weight excluding hydrogens is 487 g/mol. The number of nitrogens with zero attached hydrogens (tertiary/aromatic N) is 2. The lowest BCUT2D eigenvalue weighted by molar-refractivity contribution is -0.146. The first-order valence-electron chi connectivity index (χ1n) is 9.95. The topological polar surface area (TPSA) is 77.6 Å². The summed E-state index contributed by atoms with van der Waals surface area (Å²) in [7, 11) is 1.31. The predicted octanol–water partition coefficient (Wildman–Crippen LogP) is 6.44. The number of nitrogens with two attached hydrogens (primary N) is 1. The average molecular weight is 508 g/mol. The van der Waals surface area contributed by atoms with E-state index in [4.69, 9.17) is 22.1 Å². The fraction of sp³-hybridized carbons (Fsp3) is 0.208. The molecule has 2 aromatic heterocycles. The number of carbonyl (C=O) groups excluding carboxylic acids is 1. The van der Waals surface area contributed by atoms with Gasteiger partial charge in [-0.05, 0) is 55.8 Å². The molecule has 0 fully saturated rings. The van der Waals surface area contributed by atoms with Gasteiger partial charge in [0.05, 0.1) is 33.8 Å². The summed E-state index contributed by atoms with van der Waals surface area (Å²) >= 11 is 7.36. The molecule has 0 bridgehead atoms. The van der Waals surface area contributed by atoms with Gasteiger partial charge in [-0.15, -0.1) is 11.3 Å². The number of aliphatic imine (C=N–C) groups is 1. The Bertz CT molecular complexity index is 1270. The molecule has 0 radical (unpaired) electrons. The number of para-hydroxylation sites is 1. The van der Waals surface area contributed by atoms with Crippen LogP contribution in [0.2, 0.25) is 5.02 Å². The molecular formula is C24H21ClF3N3O2S. The molecule has 0 atom stereocenters. The highest BCUT2D eigenvalue weighted by molar-refractivity contribution is 7.17. The van der Waals surface area contributed by atoms with E-state index in [1.807, 2.05) is 0 Å². The summed E-state index contributed by atoms with van der Waals surface area (Å²) in [6.07, 6.45) is -0.740. The van der Waals surface area contributed by atoms with Crippen molar-refractivity contribution in [2.24, 2.45) is 10.7 Å². The third kappa shape index (κ3) is 5.66. The molecule has 2 N–H and O–H groups in total. The number of thiophene rings is 1. The fourth-order valence-corrected chi connectivity index (χ4v) is 4.11. The molecule has 10 heteroatoms. The SMILES string of the molecule is COC(=O)C(C)(C)c1cncc(-c2ccc(C(C=C(N)C(F)(F)F)=Nc3ccccc3Cl)s2)c1. The summed E-state index contributed by atoms with van der Waals surface area (Å²) in [6, 6.07) is 11.7. The molecule has 1 aromatic carbocycles. The van der Waals surface area contributed by atoms with Crippen molar-refractivity contribution in [1.82, 2.24) is 4.98 Å². The number of alkyl halides is 3. The third-order valence-electron chi connectivity index (χ3n) is 5.01. The largest absolute Gasteiger partial charge is 0.468 e. The molecule has 0 amide bonds. The Balaban J connectivity index is 2.07. The van der Waals surface area contributed by atoms with Gasteiger partial charge in [0.2, 0.25) is 0 Å². The van der Waals surface area contributed by atoms with E-state index in [-0.39, 0.29) is 10.7 Å². The van der Waals surface area contributed by atoms with Crippen molar-refractivity contribution in [3.63, 3.8) is 0 Å². The van der Waals surface area contributed by atoms with Crippen LogP contribution in [0.15, 0.2) is 71.6 Å². The Morgan fingerprint density at radius 2 is 1.88 bits per heavy atom. The van der Waals surface area contributed by atoms with Gasteiger partial charge in [0.1, 0.15) is 5.70 Å². The second kappa shape index (κ2) is 9.99. The Kier molecular flexibility index (Phi) is 7.48. The number of pyridine rings is 1. The van der Waals surface area contributed by atoms with Gasteiger partial charge in [-0.3, -0.25) is 9.78 Å². The van der Waals surface area contributed by atoms with Crippen LogP contribution in [0.4, 0.5) is 18.9 Å². The van der Waals surface area contributed by atoms with Gasteiger partial charge in [0.25, 0.3) is 0 Å². The normalized spacial score (nSPS) is 13.1. The van der Waals surface area contributed by atoms with Crippen molar-refractivity contribution in [2.75, 3.05) is 7.11 Å². The molecule has 0 aliphatic rings. The van der Waals surface area contributed by atoms with E-state index in [0.29, 0.717) is 21.7 Å². The van der Waals surface area contributed by atoms with Crippen molar-refractivity contribution in [1.29, 1.82) is 0 Å². The summed E-state index contributed by atoms with van der Waals surface area (Å²) in [4.78, 5) is 21.9. The molecule has 3 rings (SSSR count).